The lowest BCUT2D eigenvalue weighted by Gasteiger charge is -2.51. The number of β-lactam (4-membered cyclic amide) rings is 1. The SMILES string of the molecule is C[N+]1(CC2=C(c3nnn[nH]3)N3C(=O)[C@@H](NC(=O)/C(=N\O[C@@H](CC(=O)O)C(=O)O)c4csc(N)n4)[C@H]3SC2)CCN(C(=O)c2ccc(O)c(O)c2Cl)CC1. The molecule has 1 aromatic carbocycles. The number of thiazole rings is 1. The zero-order chi connectivity index (χ0) is 38.2. The molecule has 2 fully saturated rings. The number of aromatic hydroxyl groups is 2. The largest absolute Gasteiger partial charge is 0.504 e. The number of aliphatic carboxylic acids is 2. The minimum atomic E-state index is -1.91. The summed E-state index contributed by atoms with van der Waals surface area (Å²) in [7, 11) is 2.02. The Morgan fingerprint density at radius 3 is 2.58 bits per heavy atom. The van der Waals surface area contributed by atoms with Crippen LogP contribution in [0.1, 0.15) is 28.3 Å². The molecule has 53 heavy (non-hydrogen) atoms. The lowest BCUT2D eigenvalue weighted by molar-refractivity contribution is -0.908. The summed E-state index contributed by atoms with van der Waals surface area (Å²) in [4.78, 5) is 75.2. The Labute approximate surface area is 311 Å². The predicted molar refractivity (Wildman–Crippen MR) is 185 cm³/mol. The van der Waals surface area contributed by atoms with Crippen molar-refractivity contribution in [2.75, 3.05) is 51.3 Å². The number of hydrogen-bond donors (Lipinski definition) is 7. The van der Waals surface area contributed by atoms with Crippen LogP contribution in [-0.2, 0) is 24.0 Å². The number of nitrogens with one attached hydrogen (secondary N) is 2. The van der Waals surface area contributed by atoms with Crippen molar-refractivity contribution < 1.29 is 53.7 Å². The average Bonchev–Trinajstić information content (AvgIpc) is 3.81. The molecule has 0 bridgehead atoms. The number of hydrogen-bond acceptors (Lipinski definition) is 16. The number of phenols is 2. The number of likely N-dealkylation sites (N-methyl/N-ethyl adjacent to an activating group) is 1. The first kappa shape index (κ1) is 37.2. The van der Waals surface area contributed by atoms with Crippen LogP contribution in [0.4, 0.5) is 5.13 Å². The number of carbonyl (C=O) groups is 5. The van der Waals surface area contributed by atoms with Crippen LogP contribution in [0.3, 0.4) is 0 Å². The number of carboxylic acid groups (broad SMARTS) is 2. The van der Waals surface area contributed by atoms with Gasteiger partial charge < -0.3 is 45.7 Å². The highest BCUT2D eigenvalue weighted by molar-refractivity contribution is 8.00. The van der Waals surface area contributed by atoms with Gasteiger partial charge in [0.1, 0.15) is 23.7 Å². The van der Waals surface area contributed by atoms with E-state index in [0.29, 0.717) is 48.7 Å². The average molecular weight is 793 g/mol. The van der Waals surface area contributed by atoms with E-state index in [1.54, 1.807) is 4.90 Å². The van der Waals surface area contributed by atoms with E-state index in [-0.39, 0.29) is 33.1 Å². The van der Waals surface area contributed by atoms with Crippen LogP contribution in [0.2, 0.25) is 5.02 Å². The zero-order valence-electron chi connectivity index (χ0n) is 27.5. The fourth-order valence-electron chi connectivity index (χ4n) is 6.01. The van der Waals surface area contributed by atoms with Gasteiger partial charge in [0.05, 0.1) is 55.9 Å². The maximum absolute atomic E-state index is 13.8. The van der Waals surface area contributed by atoms with Crippen molar-refractivity contribution in [1.82, 2.24) is 40.7 Å². The molecular weight excluding hydrogens is 762 g/mol. The number of aromatic amines is 1. The van der Waals surface area contributed by atoms with Crippen molar-refractivity contribution in [2.24, 2.45) is 5.16 Å². The summed E-state index contributed by atoms with van der Waals surface area (Å²) in [6.45, 7) is 2.22. The van der Waals surface area contributed by atoms with Gasteiger partial charge in [0.25, 0.3) is 17.7 Å². The fraction of sp³-hybridized carbons (Fsp3) is 0.379. The maximum atomic E-state index is 13.8. The van der Waals surface area contributed by atoms with Crippen molar-refractivity contribution in [2.45, 2.75) is 23.9 Å². The minimum Gasteiger partial charge on any atom is -0.504 e. The summed E-state index contributed by atoms with van der Waals surface area (Å²) < 4.78 is 0.488. The molecular formula is C29H31ClN11O10S2+. The first-order valence-electron chi connectivity index (χ1n) is 15.6. The summed E-state index contributed by atoms with van der Waals surface area (Å²) >= 11 is 8.48. The first-order chi connectivity index (χ1) is 25.2. The van der Waals surface area contributed by atoms with Crippen molar-refractivity contribution >= 4 is 80.9 Å². The normalized spacial score (nSPS) is 20.3. The molecule has 2 aromatic heterocycles. The molecule has 8 N–H and O–H groups in total. The molecule has 3 aliphatic rings. The Kier molecular flexibility index (Phi) is 10.4. The van der Waals surface area contributed by atoms with Crippen LogP contribution in [0.15, 0.2) is 28.2 Å². The minimum absolute atomic E-state index is 0.0592. The summed E-state index contributed by atoms with van der Waals surface area (Å²) in [6.07, 6.45) is -2.85. The number of carbonyl (C=O) groups excluding carboxylic acids is 3. The number of nitrogens with zero attached hydrogens (tertiary/aromatic N) is 8. The second kappa shape index (κ2) is 14.8. The van der Waals surface area contributed by atoms with Crippen molar-refractivity contribution in [3.8, 4) is 11.5 Å². The van der Waals surface area contributed by atoms with E-state index in [0.717, 1.165) is 16.9 Å². The standard InChI is InChI=1S/C29H30ClN11O10S2/c1-41(6-4-39(5-7-41)25(47)13-2-3-15(42)22(45)18(13)30)9-12-10-52-27-20(26(48)40(27)21(12)23-34-37-38-35-23)33-24(46)19(14-11-53-29(31)32-14)36-51-16(28(49)50)8-17(43)44/h2-3,11,16,20,27H,4-10H2,1H3,(H7-,31,32,33,34,35,36,37,38,42,43,44,45,46,47,49,50)/p+1/t16-,20+,27+/m0/s1. The number of tetrazole rings is 1. The Bertz CT molecular complexity index is 2030. The van der Waals surface area contributed by atoms with Gasteiger partial charge in [-0.25, -0.2) is 14.9 Å². The number of anilines is 1. The first-order valence-corrected chi connectivity index (χ1v) is 17.9. The van der Waals surface area contributed by atoms with Crippen molar-refractivity contribution in [3.63, 3.8) is 0 Å². The van der Waals surface area contributed by atoms with Gasteiger partial charge in [-0.2, -0.15) is 0 Å². The van der Waals surface area contributed by atoms with E-state index in [1.165, 1.54) is 34.2 Å². The van der Waals surface area contributed by atoms with E-state index in [4.69, 9.17) is 27.3 Å². The highest BCUT2D eigenvalue weighted by Gasteiger charge is 2.54. The third kappa shape index (κ3) is 7.53. The number of halogens is 1. The number of phenolic OH excluding ortho intramolecular Hbond substituents is 2. The van der Waals surface area contributed by atoms with Gasteiger partial charge in [-0.05, 0) is 22.6 Å². The molecule has 3 aromatic rings. The number of fused-ring (bicyclic) bond motifs is 1. The number of amides is 3. The monoisotopic (exact) mass is 792 g/mol. The van der Waals surface area contributed by atoms with Gasteiger partial charge >= 0.3 is 11.9 Å². The number of thioether (sulfide) groups is 1. The third-order valence-corrected chi connectivity index (χ3v) is 11.2. The van der Waals surface area contributed by atoms with Crippen LogP contribution in [0.25, 0.3) is 5.70 Å². The maximum Gasteiger partial charge on any atom is 0.348 e. The lowest BCUT2D eigenvalue weighted by atomic mass is 10.0. The van der Waals surface area contributed by atoms with Gasteiger partial charge in [-0.1, -0.05) is 16.8 Å². The number of oxime groups is 1. The molecule has 5 heterocycles. The second-order valence-corrected chi connectivity index (χ2v) is 14.8. The Morgan fingerprint density at radius 1 is 1.23 bits per heavy atom. The molecule has 3 atom stereocenters. The number of piperazine rings is 1. The van der Waals surface area contributed by atoms with Crippen molar-refractivity contribution in [3.05, 3.63) is 45.2 Å². The second-order valence-electron chi connectivity index (χ2n) is 12.4. The van der Waals surface area contributed by atoms with Crippen LogP contribution in [-0.4, -0.2) is 159 Å². The molecule has 0 spiro atoms. The molecule has 0 aliphatic carbocycles. The fourth-order valence-corrected chi connectivity index (χ4v) is 8.13. The molecule has 6 rings (SSSR count). The Hall–Kier alpha value is -5.52. The van der Waals surface area contributed by atoms with Gasteiger partial charge in [-0.3, -0.25) is 24.1 Å². The Morgan fingerprint density at radius 2 is 1.96 bits per heavy atom. The number of benzene rings is 1. The molecule has 0 unspecified atom stereocenters. The molecule has 3 aliphatic heterocycles. The predicted octanol–water partition coefficient (Wildman–Crippen LogP) is -0.635. The van der Waals surface area contributed by atoms with E-state index >= 15 is 0 Å². The topological polar surface area (TPSA) is 300 Å². The summed E-state index contributed by atoms with van der Waals surface area (Å²) in [5, 5.41) is 59.1. The van der Waals surface area contributed by atoms with Crippen molar-refractivity contribution in [1.29, 1.82) is 0 Å². The van der Waals surface area contributed by atoms with Gasteiger partial charge in [0.15, 0.2) is 28.2 Å². The number of nitrogen functional groups attached to an aromatic ring is 1. The highest BCUT2D eigenvalue weighted by Crippen LogP contribution is 2.44. The highest BCUT2D eigenvalue weighted by atomic mass is 35.5. The number of carboxylic acids is 2. The number of quaternary nitrogens is 1. The van der Waals surface area contributed by atoms with Crippen LogP contribution in [0, 0.1) is 0 Å². The molecule has 280 valence electrons. The molecule has 21 nitrogen and oxygen atoms in total. The van der Waals surface area contributed by atoms with E-state index in [2.05, 4.69) is 36.1 Å². The van der Waals surface area contributed by atoms with E-state index in [1.807, 2.05) is 7.05 Å². The molecule has 2 saturated heterocycles. The number of nitrogens with two attached hydrogens (primary N) is 1. The molecule has 24 heteroatoms. The smallest absolute Gasteiger partial charge is 0.348 e. The zero-order valence-corrected chi connectivity index (χ0v) is 29.9. The van der Waals surface area contributed by atoms with Crippen LogP contribution < -0.4 is 11.1 Å². The lowest BCUT2D eigenvalue weighted by Crippen LogP contribution is -2.70. The Balaban J connectivity index is 1.18. The third-order valence-electron chi connectivity index (χ3n) is 8.79. The molecule has 0 radical (unpaired) electrons. The van der Waals surface area contributed by atoms with Gasteiger partial charge in [0, 0.05) is 16.7 Å². The van der Waals surface area contributed by atoms with Gasteiger partial charge in [-0.15, -0.1) is 28.2 Å². The van der Waals surface area contributed by atoms with Crippen LogP contribution >= 0.6 is 34.7 Å². The van der Waals surface area contributed by atoms with Crippen LogP contribution in [0.5, 0.6) is 11.5 Å². The number of H-pyrrole nitrogens is 1. The molecule has 0 saturated carbocycles. The van der Waals surface area contributed by atoms with E-state index < -0.39 is 64.9 Å². The summed E-state index contributed by atoms with van der Waals surface area (Å²) in [5.41, 5.74) is 6.48. The summed E-state index contributed by atoms with van der Waals surface area (Å²) in [5.74, 6) is -5.28. The summed E-state index contributed by atoms with van der Waals surface area (Å²) in [6, 6.07) is 1.49. The van der Waals surface area contributed by atoms with Gasteiger partial charge in [0.2, 0.25) is 6.10 Å². The number of aromatic nitrogens is 5. The molecule has 3 amide bonds. The quantitative estimate of drug-likeness (QED) is 0.0395. The number of rotatable bonds is 12. The van der Waals surface area contributed by atoms with E-state index in [9.17, 15) is 39.3 Å².